The van der Waals surface area contributed by atoms with Crippen molar-refractivity contribution in [3.8, 4) is 0 Å². The number of guanidine groups is 1. The zero-order chi connectivity index (χ0) is 16.5. The van der Waals surface area contributed by atoms with Crippen LogP contribution in [-0.2, 0) is 17.9 Å². The number of carbonyl (C=O) groups excluding carboxylic acids is 1. The number of nitrogens with zero attached hydrogens (tertiary/aromatic N) is 2. The maximum Gasteiger partial charge on any atom is 0.222 e. The molecule has 0 saturated carbocycles. The number of carbonyl (C=O) groups is 1. The largest absolute Gasteiger partial charge is 0.356 e. The molecule has 1 amide bonds. The number of hydrogen-bond acceptors (Lipinski definition) is 2. The van der Waals surface area contributed by atoms with E-state index in [1.165, 1.54) is 17.5 Å². The summed E-state index contributed by atoms with van der Waals surface area (Å²) in [4.78, 5) is 17.9. The van der Waals surface area contributed by atoms with Crippen molar-refractivity contribution >= 4 is 35.8 Å². The lowest BCUT2D eigenvalue weighted by molar-refractivity contribution is -0.128. The number of likely N-dealkylation sites (tertiary alicyclic amines) is 1. The number of unbranched alkanes of at least 4 members (excludes halogenated alkanes) is 1. The average Bonchev–Trinajstić information content (AvgIpc) is 2.96. The lowest BCUT2D eigenvalue weighted by Gasteiger charge is -2.16. The molecule has 0 radical (unpaired) electrons. The fourth-order valence-corrected chi connectivity index (χ4v) is 2.72. The summed E-state index contributed by atoms with van der Waals surface area (Å²) in [5.74, 6) is 1.10. The number of halogens is 1. The maximum atomic E-state index is 11.7. The first-order chi connectivity index (χ1) is 11.2. The molecule has 0 unspecified atom stereocenters. The first-order valence-electron chi connectivity index (χ1n) is 8.53. The average molecular weight is 444 g/mol. The van der Waals surface area contributed by atoms with E-state index in [-0.39, 0.29) is 29.9 Å². The van der Waals surface area contributed by atoms with Crippen molar-refractivity contribution in [1.82, 2.24) is 15.5 Å². The SMILES string of the molecule is CCCCNC(=NC)NCc1cccc(CN2CCCC2=O)c1.I. The molecular weight excluding hydrogens is 415 g/mol. The van der Waals surface area contributed by atoms with Gasteiger partial charge in [0.15, 0.2) is 5.96 Å². The van der Waals surface area contributed by atoms with Crippen LogP contribution < -0.4 is 10.6 Å². The van der Waals surface area contributed by atoms with Crippen LogP contribution in [-0.4, -0.2) is 36.9 Å². The van der Waals surface area contributed by atoms with Crippen molar-refractivity contribution in [2.24, 2.45) is 4.99 Å². The maximum absolute atomic E-state index is 11.7. The fourth-order valence-electron chi connectivity index (χ4n) is 2.72. The van der Waals surface area contributed by atoms with E-state index >= 15 is 0 Å². The van der Waals surface area contributed by atoms with Gasteiger partial charge in [-0.2, -0.15) is 0 Å². The molecule has 1 aliphatic rings. The summed E-state index contributed by atoms with van der Waals surface area (Å²) < 4.78 is 0. The molecule has 1 aliphatic heterocycles. The van der Waals surface area contributed by atoms with Gasteiger partial charge in [-0.05, 0) is 24.0 Å². The zero-order valence-corrected chi connectivity index (χ0v) is 17.0. The number of hydrogen-bond donors (Lipinski definition) is 2. The molecule has 1 heterocycles. The second-order valence-corrected chi connectivity index (χ2v) is 5.94. The molecule has 1 saturated heterocycles. The van der Waals surface area contributed by atoms with Gasteiger partial charge in [0, 0.05) is 39.6 Å². The normalized spacial score (nSPS) is 14.5. The van der Waals surface area contributed by atoms with E-state index in [1.807, 2.05) is 4.90 Å². The molecule has 0 bridgehead atoms. The smallest absolute Gasteiger partial charge is 0.222 e. The summed E-state index contributed by atoms with van der Waals surface area (Å²) in [6.45, 7) is 5.45. The molecule has 1 fully saturated rings. The van der Waals surface area contributed by atoms with Crippen LogP contribution in [0.4, 0.5) is 0 Å². The summed E-state index contributed by atoms with van der Waals surface area (Å²) in [5, 5.41) is 6.64. The molecule has 0 aliphatic carbocycles. The molecule has 0 aromatic heterocycles. The Morgan fingerprint density at radius 1 is 1.29 bits per heavy atom. The minimum atomic E-state index is 0. The Hall–Kier alpha value is -1.31. The molecule has 24 heavy (non-hydrogen) atoms. The Labute approximate surface area is 162 Å². The van der Waals surface area contributed by atoms with Gasteiger partial charge in [0.25, 0.3) is 0 Å². The Morgan fingerprint density at radius 3 is 2.75 bits per heavy atom. The topological polar surface area (TPSA) is 56.7 Å². The van der Waals surface area contributed by atoms with Crippen LogP contribution >= 0.6 is 24.0 Å². The van der Waals surface area contributed by atoms with Crippen molar-refractivity contribution < 1.29 is 4.79 Å². The molecule has 5 nitrogen and oxygen atoms in total. The van der Waals surface area contributed by atoms with E-state index in [2.05, 4.69) is 46.8 Å². The number of amides is 1. The number of rotatable bonds is 7. The van der Waals surface area contributed by atoms with Gasteiger partial charge >= 0.3 is 0 Å². The van der Waals surface area contributed by atoms with Gasteiger partial charge in [0.05, 0.1) is 0 Å². The van der Waals surface area contributed by atoms with Crippen LogP contribution in [0.25, 0.3) is 0 Å². The van der Waals surface area contributed by atoms with Crippen molar-refractivity contribution in [2.75, 3.05) is 20.1 Å². The van der Waals surface area contributed by atoms with E-state index in [0.29, 0.717) is 6.42 Å². The van der Waals surface area contributed by atoms with Crippen LogP contribution in [0, 0.1) is 0 Å². The lowest BCUT2D eigenvalue weighted by atomic mass is 10.1. The monoisotopic (exact) mass is 444 g/mol. The van der Waals surface area contributed by atoms with E-state index in [9.17, 15) is 4.79 Å². The van der Waals surface area contributed by atoms with Gasteiger partial charge in [0.1, 0.15) is 0 Å². The van der Waals surface area contributed by atoms with Crippen molar-refractivity contribution in [1.29, 1.82) is 0 Å². The first kappa shape index (κ1) is 20.7. The third kappa shape index (κ3) is 6.67. The highest BCUT2D eigenvalue weighted by Crippen LogP contribution is 2.15. The van der Waals surface area contributed by atoms with Crippen LogP contribution in [0.2, 0.25) is 0 Å². The fraction of sp³-hybridized carbons (Fsp3) is 0.556. The molecule has 0 atom stereocenters. The van der Waals surface area contributed by atoms with E-state index in [1.54, 1.807) is 7.05 Å². The van der Waals surface area contributed by atoms with Crippen molar-refractivity contribution in [3.05, 3.63) is 35.4 Å². The lowest BCUT2D eigenvalue weighted by Crippen LogP contribution is -2.37. The molecule has 1 aromatic carbocycles. The summed E-state index contributed by atoms with van der Waals surface area (Å²) in [6.07, 6.45) is 3.99. The van der Waals surface area contributed by atoms with Gasteiger partial charge in [-0.1, -0.05) is 37.6 Å². The predicted octanol–water partition coefficient (Wildman–Crippen LogP) is 2.89. The highest BCUT2D eigenvalue weighted by Gasteiger charge is 2.19. The van der Waals surface area contributed by atoms with E-state index < -0.39 is 0 Å². The molecule has 6 heteroatoms. The number of aliphatic imine (C=N–C) groups is 1. The zero-order valence-electron chi connectivity index (χ0n) is 14.7. The highest BCUT2D eigenvalue weighted by molar-refractivity contribution is 14.0. The molecule has 2 N–H and O–H groups in total. The van der Waals surface area contributed by atoms with Crippen LogP contribution in [0.3, 0.4) is 0 Å². The summed E-state index contributed by atoms with van der Waals surface area (Å²) >= 11 is 0. The second-order valence-electron chi connectivity index (χ2n) is 5.94. The summed E-state index contributed by atoms with van der Waals surface area (Å²) in [7, 11) is 1.79. The number of benzene rings is 1. The molecule has 2 rings (SSSR count). The van der Waals surface area contributed by atoms with Gasteiger partial charge in [0.2, 0.25) is 5.91 Å². The Morgan fingerprint density at radius 2 is 2.08 bits per heavy atom. The van der Waals surface area contributed by atoms with Crippen molar-refractivity contribution in [2.45, 2.75) is 45.7 Å². The van der Waals surface area contributed by atoms with Crippen molar-refractivity contribution in [3.63, 3.8) is 0 Å². The molecule has 0 spiro atoms. The summed E-state index contributed by atoms with van der Waals surface area (Å²) in [5.41, 5.74) is 2.39. The highest BCUT2D eigenvalue weighted by atomic mass is 127. The van der Waals surface area contributed by atoms with Crippen LogP contribution in [0.5, 0.6) is 0 Å². The third-order valence-corrected chi connectivity index (χ3v) is 4.04. The quantitative estimate of drug-likeness (QED) is 0.294. The van der Waals surface area contributed by atoms with Gasteiger partial charge < -0.3 is 15.5 Å². The standard InChI is InChI=1S/C18H28N4O.HI/c1-3-4-10-20-18(19-2)21-13-15-7-5-8-16(12-15)14-22-11-6-9-17(22)23;/h5,7-8,12H,3-4,6,9-11,13-14H2,1-2H3,(H2,19,20,21);1H. The minimum absolute atomic E-state index is 0. The molecule has 1 aromatic rings. The molecule has 134 valence electrons. The third-order valence-electron chi connectivity index (χ3n) is 4.04. The van der Waals surface area contributed by atoms with Gasteiger partial charge in [-0.3, -0.25) is 9.79 Å². The Bertz CT molecular complexity index is 548. The Balaban J connectivity index is 0.00000288. The minimum Gasteiger partial charge on any atom is -0.356 e. The van der Waals surface area contributed by atoms with Crippen LogP contribution in [0.15, 0.2) is 29.3 Å². The molecular formula is C18H29IN4O. The van der Waals surface area contributed by atoms with Gasteiger partial charge in [-0.25, -0.2) is 0 Å². The summed E-state index contributed by atoms with van der Waals surface area (Å²) in [6, 6.07) is 8.41. The number of nitrogens with one attached hydrogen (secondary N) is 2. The van der Waals surface area contributed by atoms with E-state index in [0.717, 1.165) is 45.0 Å². The van der Waals surface area contributed by atoms with E-state index in [4.69, 9.17) is 0 Å². The predicted molar refractivity (Wildman–Crippen MR) is 110 cm³/mol. The van der Waals surface area contributed by atoms with Crippen LogP contribution in [0.1, 0.15) is 43.7 Å². The second kappa shape index (κ2) is 11.3. The first-order valence-corrected chi connectivity index (χ1v) is 8.53. The Kier molecular flexibility index (Phi) is 9.75. The van der Waals surface area contributed by atoms with Gasteiger partial charge in [-0.15, -0.1) is 24.0 Å².